The zero-order chi connectivity index (χ0) is 11.4. The lowest BCUT2D eigenvalue weighted by molar-refractivity contribution is -0.124. The normalized spacial score (nSPS) is 17.7. The van der Waals surface area contributed by atoms with Gasteiger partial charge in [-0.25, -0.2) is 4.98 Å². The number of aromatic nitrogens is 2. The number of nitrogens with one attached hydrogen (secondary N) is 2. The first-order chi connectivity index (χ1) is 7.77. The van der Waals surface area contributed by atoms with Crippen molar-refractivity contribution in [1.82, 2.24) is 20.2 Å². The summed E-state index contributed by atoms with van der Waals surface area (Å²) >= 11 is 0. The van der Waals surface area contributed by atoms with E-state index in [-0.39, 0.29) is 36.6 Å². The predicted molar refractivity (Wildman–Crippen MR) is 75.4 cm³/mol. The third-order valence-corrected chi connectivity index (χ3v) is 3.01. The number of halogens is 2. The van der Waals surface area contributed by atoms with E-state index in [0.29, 0.717) is 6.54 Å². The van der Waals surface area contributed by atoms with Crippen molar-refractivity contribution in [2.45, 2.75) is 19.9 Å². The Morgan fingerprint density at radius 1 is 1.61 bits per heavy atom. The smallest absolute Gasteiger partial charge is 0.224 e. The van der Waals surface area contributed by atoms with Crippen molar-refractivity contribution in [2.75, 3.05) is 19.6 Å². The van der Waals surface area contributed by atoms with E-state index in [1.54, 1.807) is 6.20 Å². The minimum atomic E-state index is 0. The highest BCUT2D eigenvalue weighted by Crippen LogP contribution is 2.06. The van der Waals surface area contributed by atoms with Crippen LogP contribution in [-0.4, -0.2) is 35.1 Å². The molecular formula is C11H20Cl2N4O. The van der Waals surface area contributed by atoms with E-state index >= 15 is 0 Å². The minimum Gasteiger partial charge on any atom is -0.354 e. The molecule has 18 heavy (non-hydrogen) atoms. The van der Waals surface area contributed by atoms with E-state index in [9.17, 15) is 4.79 Å². The maximum atomic E-state index is 11.7. The summed E-state index contributed by atoms with van der Waals surface area (Å²) in [4.78, 5) is 15.8. The van der Waals surface area contributed by atoms with Gasteiger partial charge in [-0.2, -0.15) is 0 Å². The molecule has 0 aliphatic carbocycles. The molecule has 0 radical (unpaired) electrons. The second kappa shape index (κ2) is 8.34. The van der Waals surface area contributed by atoms with E-state index in [2.05, 4.69) is 15.6 Å². The maximum absolute atomic E-state index is 11.7. The Labute approximate surface area is 120 Å². The molecule has 5 nitrogen and oxygen atoms in total. The number of nitrogens with zero attached hydrogens (tertiary/aromatic N) is 2. The van der Waals surface area contributed by atoms with Crippen LogP contribution in [-0.2, 0) is 11.3 Å². The molecule has 1 aliphatic rings. The molecule has 7 heteroatoms. The number of carbonyl (C=O) groups excluding carboxylic acids is 1. The van der Waals surface area contributed by atoms with Crippen LogP contribution in [0.1, 0.15) is 12.2 Å². The molecule has 0 bridgehead atoms. The lowest BCUT2D eigenvalue weighted by Crippen LogP contribution is -2.34. The standard InChI is InChI=1S/C11H18N4O.2ClH/c1-9-13-4-6-15(9)7-5-14-11(16)10-2-3-12-8-10;;/h4,6,10,12H,2-3,5,7-8H2,1H3,(H,14,16);2*1H. The summed E-state index contributed by atoms with van der Waals surface area (Å²) in [7, 11) is 0. The van der Waals surface area contributed by atoms with Crippen LogP contribution in [0.4, 0.5) is 0 Å². The summed E-state index contributed by atoms with van der Waals surface area (Å²) in [6.45, 7) is 5.20. The quantitative estimate of drug-likeness (QED) is 0.862. The topological polar surface area (TPSA) is 59.0 Å². The second-order valence-corrected chi connectivity index (χ2v) is 4.15. The minimum absolute atomic E-state index is 0. The van der Waals surface area contributed by atoms with Gasteiger partial charge < -0.3 is 15.2 Å². The summed E-state index contributed by atoms with van der Waals surface area (Å²) < 4.78 is 2.03. The summed E-state index contributed by atoms with van der Waals surface area (Å²) in [5.41, 5.74) is 0. The van der Waals surface area contributed by atoms with Gasteiger partial charge in [0.25, 0.3) is 0 Å². The van der Waals surface area contributed by atoms with E-state index in [1.807, 2.05) is 17.7 Å². The number of aryl methyl sites for hydroxylation is 1. The monoisotopic (exact) mass is 294 g/mol. The van der Waals surface area contributed by atoms with Gasteiger partial charge >= 0.3 is 0 Å². The summed E-state index contributed by atoms with van der Waals surface area (Å²) in [6, 6.07) is 0. The van der Waals surface area contributed by atoms with Crippen molar-refractivity contribution in [3.8, 4) is 0 Å². The van der Waals surface area contributed by atoms with Crippen LogP contribution in [0.25, 0.3) is 0 Å². The summed E-state index contributed by atoms with van der Waals surface area (Å²) in [5, 5.41) is 6.15. The van der Waals surface area contributed by atoms with E-state index in [0.717, 1.165) is 31.9 Å². The summed E-state index contributed by atoms with van der Waals surface area (Å²) in [6.07, 6.45) is 4.66. The van der Waals surface area contributed by atoms with Crippen molar-refractivity contribution >= 4 is 30.7 Å². The van der Waals surface area contributed by atoms with Crippen LogP contribution in [0.5, 0.6) is 0 Å². The molecule has 1 amide bonds. The van der Waals surface area contributed by atoms with Crippen molar-refractivity contribution in [1.29, 1.82) is 0 Å². The van der Waals surface area contributed by atoms with Crippen molar-refractivity contribution in [3.05, 3.63) is 18.2 Å². The fourth-order valence-electron chi connectivity index (χ4n) is 1.96. The van der Waals surface area contributed by atoms with Crippen LogP contribution in [0.15, 0.2) is 12.4 Å². The molecule has 0 saturated carbocycles. The van der Waals surface area contributed by atoms with Gasteiger partial charge in [-0.3, -0.25) is 4.79 Å². The Morgan fingerprint density at radius 2 is 2.39 bits per heavy atom. The first-order valence-corrected chi connectivity index (χ1v) is 5.73. The Hall–Kier alpha value is -0.780. The van der Waals surface area contributed by atoms with Gasteiger partial charge in [0.15, 0.2) is 0 Å². The highest BCUT2D eigenvalue weighted by atomic mass is 35.5. The molecule has 0 aromatic carbocycles. The second-order valence-electron chi connectivity index (χ2n) is 4.15. The fraction of sp³-hybridized carbons (Fsp3) is 0.636. The van der Waals surface area contributed by atoms with E-state index in [4.69, 9.17) is 0 Å². The summed E-state index contributed by atoms with van der Waals surface area (Å²) in [5.74, 6) is 1.31. The Balaban J connectivity index is 0.00000144. The predicted octanol–water partition coefficient (Wildman–Crippen LogP) is 0.761. The van der Waals surface area contributed by atoms with Gasteiger partial charge in [-0.15, -0.1) is 24.8 Å². The third kappa shape index (κ3) is 4.48. The van der Waals surface area contributed by atoms with Crippen LogP contribution in [0, 0.1) is 12.8 Å². The molecule has 1 aromatic rings. The van der Waals surface area contributed by atoms with Crippen molar-refractivity contribution in [3.63, 3.8) is 0 Å². The van der Waals surface area contributed by atoms with Gasteiger partial charge in [0.05, 0.1) is 5.92 Å². The molecule has 2 heterocycles. The first kappa shape index (κ1) is 17.2. The molecule has 1 unspecified atom stereocenters. The SMILES string of the molecule is Cc1nccn1CCNC(=O)C1CCNC1.Cl.Cl. The highest BCUT2D eigenvalue weighted by Gasteiger charge is 2.21. The lowest BCUT2D eigenvalue weighted by Gasteiger charge is -2.10. The Morgan fingerprint density at radius 3 is 2.94 bits per heavy atom. The van der Waals surface area contributed by atoms with Crippen LogP contribution in [0.3, 0.4) is 0 Å². The molecule has 104 valence electrons. The number of carbonyl (C=O) groups is 1. The number of hydrogen-bond donors (Lipinski definition) is 2. The molecule has 1 saturated heterocycles. The van der Waals surface area contributed by atoms with Gasteiger partial charge in [-0.1, -0.05) is 0 Å². The van der Waals surface area contributed by atoms with Crippen LogP contribution < -0.4 is 10.6 Å². The molecule has 1 atom stereocenters. The molecule has 1 aromatic heterocycles. The Bertz CT molecular complexity index is 364. The molecule has 1 aliphatic heterocycles. The molecule has 0 spiro atoms. The fourth-order valence-corrected chi connectivity index (χ4v) is 1.96. The van der Waals surface area contributed by atoms with Gasteiger partial charge in [-0.05, 0) is 19.9 Å². The zero-order valence-electron chi connectivity index (χ0n) is 10.4. The molecule has 2 rings (SSSR count). The van der Waals surface area contributed by atoms with Crippen LogP contribution >= 0.6 is 24.8 Å². The van der Waals surface area contributed by atoms with Crippen LogP contribution in [0.2, 0.25) is 0 Å². The number of rotatable bonds is 4. The Kier molecular flexibility index (Phi) is 7.98. The number of imidazole rings is 1. The highest BCUT2D eigenvalue weighted by molar-refractivity contribution is 5.85. The first-order valence-electron chi connectivity index (χ1n) is 5.73. The average molecular weight is 295 g/mol. The van der Waals surface area contributed by atoms with E-state index in [1.165, 1.54) is 0 Å². The molecule has 2 N–H and O–H groups in total. The van der Waals surface area contributed by atoms with Crippen molar-refractivity contribution in [2.24, 2.45) is 5.92 Å². The van der Waals surface area contributed by atoms with Gasteiger partial charge in [0, 0.05) is 32.0 Å². The zero-order valence-corrected chi connectivity index (χ0v) is 12.0. The largest absolute Gasteiger partial charge is 0.354 e. The van der Waals surface area contributed by atoms with Gasteiger partial charge in [0.2, 0.25) is 5.91 Å². The lowest BCUT2D eigenvalue weighted by atomic mass is 10.1. The number of hydrogen-bond acceptors (Lipinski definition) is 3. The molecular weight excluding hydrogens is 275 g/mol. The van der Waals surface area contributed by atoms with E-state index < -0.39 is 0 Å². The third-order valence-electron chi connectivity index (χ3n) is 3.01. The average Bonchev–Trinajstić information content (AvgIpc) is 2.90. The van der Waals surface area contributed by atoms with Crippen molar-refractivity contribution < 1.29 is 4.79 Å². The molecule has 1 fully saturated rings. The number of amides is 1. The maximum Gasteiger partial charge on any atom is 0.224 e. The van der Waals surface area contributed by atoms with Gasteiger partial charge in [0.1, 0.15) is 5.82 Å².